The third kappa shape index (κ3) is 4.53. The third-order valence-corrected chi connectivity index (χ3v) is 6.28. The Morgan fingerprint density at radius 1 is 0.839 bits per heavy atom. The van der Waals surface area contributed by atoms with E-state index < -0.39 is 0 Å². The van der Waals surface area contributed by atoms with Crippen LogP contribution in [0.1, 0.15) is 25.3 Å². The average Bonchev–Trinajstić information content (AvgIpc) is 3.00. The third-order valence-electron chi connectivity index (χ3n) is 4.94. The highest BCUT2D eigenvalue weighted by molar-refractivity contribution is 8.04. The van der Waals surface area contributed by atoms with Gasteiger partial charge in [-0.25, -0.2) is 4.90 Å². The summed E-state index contributed by atoms with van der Waals surface area (Å²) in [5, 5.41) is 3.80. The first-order valence-corrected chi connectivity index (χ1v) is 11.1. The van der Waals surface area contributed by atoms with Crippen LogP contribution in [0.15, 0.2) is 94.4 Å². The number of carbonyl (C=O) groups excluding carboxylic acids is 2. The lowest BCUT2D eigenvalue weighted by atomic mass is 10.0. The number of benzene rings is 3. The number of hydrogen-bond acceptors (Lipinski definition) is 4. The van der Waals surface area contributed by atoms with E-state index in [1.807, 2.05) is 42.5 Å². The van der Waals surface area contributed by atoms with Crippen LogP contribution in [0.25, 0.3) is 0 Å². The van der Waals surface area contributed by atoms with Gasteiger partial charge >= 0.3 is 0 Å². The highest BCUT2D eigenvalue weighted by Crippen LogP contribution is 2.38. The first-order valence-electron chi connectivity index (χ1n) is 9.92. The molecule has 1 N–H and O–H groups in total. The summed E-state index contributed by atoms with van der Waals surface area (Å²) in [7, 11) is 0. The summed E-state index contributed by atoms with van der Waals surface area (Å²) in [4.78, 5) is 29.0. The van der Waals surface area contributed by atoms with Crippen molar-refractivity contribution in [2.24, 2.45) is 0 Å². The van der Waals surface area contributed by atoms with Gasteiger partial charge in [-0.15, -0.1) is 0 Å². The summed E-state index contributed by atoms with van der Waals surface area (Å²) in [6, 6.07) is 24.0. The lowest BCUT2D eigenvalue weighted by Crippen LogP contribution is -2.32. The van der Waals surface area contributed by atoms with Crippen LogP contribution in [0.4, 0.5) is 11.4 Å². The minimum absolute atomic E-state index is 0.270. The van der Waals surface area contributed by atoms with Crippen molar-refractivity contribution in [1.82, 2.24) is 0 Å². The zero-order chi connectivity index (χ0) is 22.0. The normalized spacial score (nSPS) is 14.0. The van der Waals surface area contributed by atoms with Crippen molar-refractivity contribution in [3.63, 3.8) is 0 Å². The van der Waals surface area contributed by atoms with E-state index in [9.17, 15) is 9.59 Å². The zero-order valence-electron chi connectivity index (χ0n) is 17.1. The predicted molar refractivity (Wildman–Crippen MR) is 127 cm³/mol. The van der Waals surface area contributed by atoms with Gasteiger partial charge in [-0.05, 0) is 60.0 Å². The van der Waals surface area contributed by atoms with Gasteiger partial charge in [0.15, 0.2) is 0 Å². The molecule has 0 saturated carbocycles. The first-order chi connectivity index (χ1) is 14.9. The molecule has 4 rings (SSSR count). The van der Waals surface area contributed by atoms with Gasteiger partial charge in [0.1, 0.15) is 10.6 Å². The molecular weight excluding hydrogens is 428 g/mol. The van der Waals surface area contributed by atoms with Crippen LogP contribution >= 0.6 is 23.4 Å². The number of hydrogen-bond donors (Lipinski definition) is 1. The van der Waals surface area contributed by atoms with Crippen molar-refractivity contribution >= 4 is 46.6 Å². The van der Waals surface area contributed by atoms with E-state index in [1.165, 1.54) is 22.2 Å². The van der Waals surface area contributed by atoms with Crippen molar-refractivity contribution in [3.05, 3.63) is 100 Å². The van der Waals surface area contributed by atoms with Crippen molar-refractivity contribution in [3.8, 4) is 0 Å². The Balaban J connectivity index is 1.71. The van der Waals surface area contributed by atoms with Crippen LogP contribution in [-0.4, -0.2) is 11.8 Å². The van der Waals surface area contributed by atoms with Crippen LogP contribution in [-0.2, 0) is 9.59 Å². The van der Waals surface area contributed by atoms with E-state index in [0.717, 1.165) is 10.6 Å². The van der Waals surface area contributed by atoms with Gasteiger partial charge in [-0.2, -0.15) is 0 Å². The van der Waals surface area contributed by atoms with E-state index in [2.05, 4.69) is 19.2 Å². The van der Waals surface area contributed by atoms with Gasteiger partial charge in [0.05, 0.1) is 5.69 Å². The molecule has 0 spiro atoms. The number of nitrogens with zero attached hydrogens (tertiary/aromatic N) is 1. The molecule has 0 unspecified atom stereocenters. The van der Waals surface area contributed by atoms with Crippen LogP contribution in [0.5, 0.6) is 0 Å². The number of nitrogens with one attached hydrogen (secondary N) is 1. The second kappa shape index (κ2) is 9.00. The van der Waals surface area contributed by atoms with Crippen LogP contribution in [0.2, 0.25) is 5.02 Å². The SMILES string of the molecule is CC(C)c1ccc(NC2=C(Sc3ccc(Cl)cc3)C(=O)N(c3ccccc3)C2=O)cc1. The Kier molecular flexibility index (Phi) is 6.16. The summed E-state index contributed by atoms with van der Waals surface area (Å²) >= 11 is 7.24. The molecule has 31 heavy (non-hydrogen) atoms. The van der Waals surface area contributed by atoms with Crippen molar-refractivity contribution in [1.29, 1.82) is 0 Å². The Hall–Kier alpha value is -3.02. The van der Waals surface area contributed by atoms with Gasteiger partial charge in [0, 0.05) is 15.6 Å². The molecule has 0 saturated heterocycles. The van der Waals surface area contributed by atoms with Gasteiger partial charge in [-0.1, -0.05) is 67.5 Å². The molecular formula is C25H21ClN2O2S. The van der Waals surface area contributed by atoms with Crippen molar-refractivity contribution in [2.75, 3.05) is 10.2 Å². The Morgan fingerprint density at radius 2 is 1.48 bits per heavy atom. The van der Waals surface area contributed by atoms with Crippen LogP contribution < -0.4 is 10.2 Å². The maximum atomic E-state index is 13.3. The van der Waals surface area contributed by atoms with E-state index >= 15 is 0 Å². The number of carbonyl (C=O) groups is 2. The molecule has 156 valence electrons. The molecule has 0 atom stereocenters. The van der Waals surface area contributed by atoms with Crippen LogP contribution in [0, 0.1) is 0 Å². The van der Waals surface area contributed by atoms with Gasteiger partial charge in [-0.3, -0.25) is 9.59 Å². The molecule has 2 amide bonds. The topological polar surface area (TPSA) is 49.4 Å². The molecule has 0 fully saturated rings. The van der Waals surface area contributed by atoms with Gasteiger partial charge in [0.2, 0.25) is 0 Å². The minimum atomic E-state index is -0.374. The summed E-state index contributed by atoms with van der Waals surface area (Å²) in [5.41, 5.74) is 2.77. The van der Waals surface area contributed by atoms with E-state index in [0.29, 0.717) is 21.5 Å². The largest absolute Gasteiger partial charge is 0.350 e. The Labute approximate surface area is 190 Å². The lowest BCUT2D eigenvalue weighted by Gasteiger charge is -2.15. The fourth-order valence-corrected chi connectivity index (χ4v) is 4.30. The summed E-state index contributed by atoms with van der Waals surface area (Å²) in [6.45, 7) is 4.26. The number of thioether (sulfide) groups is 1. The second-order valence-corrected chi connectivity index (χ2v) is 8.96. The number of halogens is 1. The maximum Gasteiger partial charge on any atom is 0.283 e. The molecule has 4 nitrogen and oxygen atoms in total. The molecule has 0 radical (unpaired) electrons. The number of para-hydroxylation sites is 1. The molecule has 6 heteroatoms. The standard InChI is InChI=1S/C25H21ClN2O2S/c1-16(2)17-8-12-19(13-9-17)27-22-23(31-21-14-10-18(26)11-15-21)25(30)28(24(22)29)20-6-4-3-5-7-20/h3-16,27H,1-2H3. The quantitative estimate of drug-likeness (QED) is 0.440. The summed E-state index contributed by atoms with van der Waals surface area (Å²) < 4.78 is 0. The second-order valence-electron chi connectivity index (χ2n) is 7.44. The smallest absolute Gasteiger partial charge is 0.283 e. The number of rotatable bonds is 6. The minimum Gasteiger partial charge on any atom is -0.350 e. The van der Waals surface area contributed by atoms with E-state index in [4.69, 9.17) is 11.6 Å². The summed E-state index contributed by atoms with van der Waals surface area (Å²) in [6.07, 6.45) is 0. The molecule has 0 aliphatic carbocycles. The predicted octanol–water partition coefficient (Wildman–Crippen LogP) is 6.45. The Morgan fingerprint density at radius 3 is 2.10 bits per heavy atom. The monoisotopic (exact) mass is 448 g/mol. The average molecular weight is 449 g/mol. The number of anilines is 2. The first kappa shape index (κ1) is 21.2. The van der Waals surface area contributed by atoms with Crippen molar-refractivity contribution in [2.45, 2.75) is 24.7 Å². The maximum absolute atomic E-state index is 13.3. The van der Waals surface area contributed by atoms with E-state index in [-0.39, 0.29) is 17.5 Å². The number of amides is 2. The highest BCUT2D eigenvalue weighted by Gasteiger charge is 2.40. The Bertz CT molecular complexity index is 1140. The molecule has 1 aliphatic heterocycles. The van der Waals surface area contributed by atoms with Gasteiger partial charge in [0.25, 0.3) is 11.8 Å². The van der Waals surface area contributed by atoms with E-state index in [1.54, 1.807) is 36.4 Å². The highest BCUT2D eigenvalue weighted by atomic mass is 35.5. The molecule has 1 aliphatic rings. The zero-order valence-corrected chi connectivity index (χ0v) is 18.7. The van der Waals surface area contributed by atoms with Gasteiger partial charge < -0.3 is 5.32 Å². The van der Waals surface area contributed by atoms with Crippen molar-refractivity contribution < 1.29 is 9.59 Å². The summed E-state index contributed by atoms with van der Waals surface area (Å²) in [5.74, 6) is -0.314. The molecule has 1 heterocycles. The fraction of sp³-hybridized carbons (Fsp3) is 0.120. The molecule has 0 aromatic heterocycles. The molecule has 3 aromatic carbocycles. The molecule has 0 bridgehead atoms. The lowest BCUT2D eigenvalue weighted by molar-refractivity contribution is -0.120. The fourth-order valence-electron chi connectivity index (χ4n) is 3.24. The number of imide groups is 1. The molecule has 3 aromatic rings. The van der Waals surface area contributed by atoms with Crippen LogP contribution in [0.3, 0.4) is 0 Å².